The number of hydrogen-bond donors (Lipinski definition) is 1. The summed E-state index contributed by atoms with van der Waals surface area (Å²) in [5.74, 6) is 0.173. The average molecular weight is 314 g/mol. The third-order valence-corrected chi connectivity index (χ3v) is 3.31. The molecule has 0 radical (unpaired) electrons. The molecule has 100 valence electrons. The molecule has 0 saturated heterocycles. The third-order valence-electron chi connectivity index (χ3n) is 2.96. The highest BCUT2D eigenvalue weighted by molar-refractivity contribution is 9.09. The van der Waals surface area contributed by atoms with Crippen LogP contribution in [0.1, 0.15) is 35.7 Å². The molecule has 0 aromatic heterocycles. The van der Waals surface area contributed by atoms with E-state index in [1.165, 1.54) is 0 Å². The highest BCUT2D eigenvalue weighted by Crippen LogP contribution is 2.21. The predicted molar refractivity (Wildman–Crippen MR) is 77.4 cm³/mol. The molecule has 3 nitrogen and oxygen atoms in total. The zero-order valence-electron chi connectivity index (χ0n) is 10.9. The van der Waals surface area contributed by atoms with Crippen molar-refractivity contribution in [2.75, 3.05) is 18.4 Å². The molecule has 0 fully saturated rings. The Kier molecular flexibility index (Phi) is 6.19. The van der Waals surface area contributed by atoms with E-state index in [1.807, 2.05) is 4.90 Å². The van der Waals surface area contributed by atoms with Crippen molar-refractivity contribution >= 4 is 21.8 Å². The van der Waals surface area contributed by atoms with Crippen LogP contribution in [-0.2, 0) is 0 Å². The van der Waals surface area contributed by atoms with Gasteiger partial charge in [-0.1, -0.05) is 35.3 Å². The number of rotatable bonds is 6. The number of hydrogen-bond acceptors (Lipinski definition) is 2. The molecule has 0 bridgehead atoms. The van der Waals surface area contributed by atoms with Crippen molar-refractivity contribution in [3.8, 4) is 5.75 Å². The van der Waals surface area contributed by atoms with Crippen LogP contribution in [0, 0.1) is 6.92 Å². The maximum absolute atomic E-state index is 12.4. The van der Waals surface area contributed by atoms with Crippen LogP contribution in [-0.4, -0.2) is 34.3 Å². The maximum Gasteiger partial charge on any atom is 0.254 e. The lowest BCUT2D eigenvalue weighted by molar-refractivity contribution is 0.0763. The van der Waals surface area contributed by atoms with Gasteiger partial charge in [0.05, 0.1) is 0 Å². The van der Waals surface area contributed by atoms with Crippen molar-refractivity contribution in [3.63, 3.8) is 0 Å². The normalized spacial score (nSPS) is 10.4. The molecule has 18 heavy (non-hydrogen) atoms. The van der Waals surface area contributed by atoms with Gasteiger partial charge in [-0.15, -0.1) is 0 Å². The monoisotopic (exact) mass is 313 g/mol. The van der Waals surface area contributed by atoms with Gasteiger partial charge in [-0.05, 0) is 25.5 Å². The van der Waals surface area contributed by atoms with Gasteiger partial charge in [-0.2, -0.15) is 0 Å². The number of amides is 1. The fourth-order valence-corrected chi connectivity index (χ4v) is 2.22. The fourth-order valence-electron chi connectivity index (χ4n) is 1.79. The van der Waals surface area contributed by atoms with Crippen molar-refractivity contribution in [1.82, 2.24) is 4.90 Å². The molecule has 0 aliphatic carbocycles. The Labute approximate surface area is 117 Å². The number of phenols is 1. The summed E-state index contributed by atoms with van der Waals surface area (Å²) in [6, 6.07) is 5.08. The van der Waals surface area contributed by atoms with Gasteiger partial charge in [0.15, 0.2) is 0 Å². The van der Waals surface area contributed by atoms with E-state index in [1.54, 1.807) is 25.1 Å². The van der Waals surface area contributed by atoms with Crippen LogP contribution < -0.4 is 0 Å². The molecule has 0 saturated carbocycles. The molecule has 0 unspecified atom stereocenters. The van der Waals surface area contributed by atoms with Gasteiger partial charge in [-0.25, -0.2) is 0 Å². The quantitative estimate of drug-likeness (QED) is 0.818. The summed E-state index contributed by atoms with van der Waals surface area (Å²) < 4.78 is 0. The zero-order chi connectivity index (χ0) is 13.5. The van der Waals surface area contributed by atoms with Gasteiger partial charge in [0.1, 0.15) is 5.75 Å². The molecule has 0 aliphatic heterocycles. The molecule has 1 N–H and O–H groups in total. The molecule has 0 spiro atoms. The van der Waals surface area contributed by atoms with Gasteiger partial charge in [0, 0.05) is 29.5 Å². The summed E-state index contributed by atoms with van der Waals surface area (Å²) in [5, 5.41) is 10.4. The number of halogens is 1. The van der Waals surface area contributed by atoms with E-state index in [0.717, 1.165) is 24.7 Å². The van der Waals surface area contributed by atoms with Crippen molar-refractivity contribution in [2.45, 2.75) is 26.7 Å². The number of benzene rings is 1. The van der Waals surface area contributed by atoms with Gasteiger partial charge >= 0.3 is 0 Å². The van der Waals surface area contributed by atoms with Crippen molar-refractivity contribution in [3.05, 3.63) is 29.3 Å². The number of unbranched alkanes of at least 4 members (excludes halogenated alkanes) is 1. The summed E-state index contributed by atoms with van der Waals surface area (Å²) in [5.41, 5.74) is 1.24. The Bertz CT molecular complexity index is 407. The second-order valence-electron chi connectivity index (χ2n) is 4.28. The minimum Gasteiger partial charge on any atom is -0.508 e. The number of nitrogens with zero attached hydrogens (tertiary/aromatic N) is 1. The van der Waals surface area contributed by atoms with E-state index >= 15 is 0 Å². The standard InChI is InChI=1S/C14H20BrNO2/c1-3-4-9-16(10-8-15)14(18)12-6-5-7-13(17)11(12)2/h5-7,17H,3-4,8-10H2,1-2H3. The van der Waals surface area contributed by atoms with Crippen LogP contribution in [0.5, 0.6) is 5.75 Å². The first-order valence-corrected chi connectivity index (χ1v) is 7.37. The smallest absolute Gasteiger partial charge is 0.254 e. The predicted octanol–water partition coefficient (Wildman–Crippen LogP) is 3.34. The molecule has 1 amide bonds. The van der Waals surface area contributed by atoms with Gasteiger partial charge in [-0.3, -0.25) is 4.79 Å². The number of carbonyl (C=O) groups excluding carboxylic acids is 1. The molecular weight excluding hydrogens is 294 g/mol. The second kappa shape index (κ2) is 7.41. The van der Waals surface area contributed by atoms with Crippen LogP contribution in [0.3, 0.4) is 0 Å². The lowest BCUT2D eigenvalue weighted by Crippen LogP contribution is -2.34. The summed E-state index contributed by atoms with van der Waals surface area (Å²) in [6.07, 6.45) is 2.06. The number of phenolic OH excluding ortho intramolecular Hbond substituents is 1. The van der Waals surface area contributed by atoms with Gasteiger partial charge < -0.3 is 10.0 Å². The minimum atomic E-state index is -0.00343. The van der Waals surface area contributed by atoms with Crippen LogP contribution >= 0.6 is 15.9 Å². The van der Waals surface area contributed by atoms with Crippen LogP contribution in [0.4, 0.5) is 0 Å². The highest BCUT2D eigenvalue weighted by Gasteiger charge is 2.17. The van der Waals surface area contributed by atoms with E-state index in [-0.39, 0.29) is 11.7 Å². The fraction of sp³-hybridized carbons (Fsp3) is 0.500. The number of carbonyl (C=O) groups is 1. The van der Waals surface area contributed by atoms with Gasteiger partial charge in [0.25, 0.3) is 5.91 Å². The molecule has 1 rings (SSSR count). The first kappa shape index (κ1) is 15.0. The Morgan fingerprint density at radius 1 is 1.39 bits per heavy atom. The molecular formula is C14H20BrNO2. The molecule has 0 atom stereocenters. The summed E-state index contributed by atoms with van der Waals surface area (Å²) in [6.45, 7) is 5.33. The first-order chi connectivity index (χ1) is 8.61. The summed E-state index contributed by atoms with van der Waals surface area (Å²) >= 11 is 3.37. The van der Waals surface area contributed by atoms with E-state index in [4.69, 9.17) is 0 Å². The Morgan fingerprint density at radius 2 is 2.11 bits per heavy atom. The van der Waals surface area contributed by atoms with E-state index in [9.17, 15) is 9.90 Å². The van der Waals surface area contributed by atoms with E-state index in [0.29, 0.717) is 17.7 Å². The summed E-state index contributed by atoms with van der Waals surface area (Å²) in [7, 11) is 0. The largest absolute Gasteiger partial charge is 0.508 e. The maximum atomic E-state index is 12.4. The number of alkyl halides is 1. The molecule has 0 aliphatic rings. The van der Waals surface area contributed by atoms with Crippen molar-refractivity contribution in [2.24, 2.45) is 0 Å². The Morgan fingerprint density at radius 3 is 2.72 bits per heavy atom. The highest BCUT2D eigenvalue weighted by atomic mass is 79.9. The van der Waals surface area contributed by atoms with Crippen LogP contribution in [0.2, 0.25) is 0 Å². The third kappa shape index (κ3) is 3.73. The summed E-state index contributed by atoms with van der Waals surface area (Å²) in [4.78, 5) is 14.2. The van der Waals surface area contributed by atoms with Crippen molar-refractivity contribution < 1.29 is 9.90 Å². The number of aromatic hydroxyl groups is 1. The van der Waals surface area contributed by atoms with Crippen LogP contribution in [0.15, 0.2) is 18.2 Å². The van der Waals surface area contributed by atoms with E-state index < -0.39 is 0 Å². The van der Waals surface area contributed by atoms with Crippen molar-refractivity contribution in [1.29, 1.82) is 0 Å². The lowest BCUT2D eigenvalue weighted by Gasteiger charge is -2.22. The lowest BCUT2D eigenvalue weighted by atomic mass is 10.1. The molecule has 1 aromatic rings. The van der Waals surface area contributed by atoms with Crippen LogP contribution in [0.25, 0.3) is 0 Å². The zero-order valence-corrected chi connectivity index (χ0v) is 12.5. The van der Waals surface area contributed by atoms with Gasteiger partial charge in [0.2, 0.25) is 0 Å². The Balaban J connectivity index is 2.90. The van der Waals surface area contributed by atoms with E-state index in [2.05, 4.69) is 22.9 Å². The molecule has 1 aromatic carbocycles. The Hall–Kier alpha value is -1.03. The SMILES string of the molecule is CCCCN(CCBr)C(=O)c1cccc(O)c1C. The average Bonchev–Trinajstić information content (AvgIpc) is 2.37. The second-order valence-corrected chi connectivity index (χ2v) is 5.08. The molecule has 0 heterocycles. The minimum absolute atomic E-state index is 0.00343. The molecule has 4 heteroatoms. The first-order valence-electron chi connectivity index (χ1n) is 6.25. The topological polar surface area (TPSA) is 40.5 Å².